The summed E-state index contributed by atoms with van der Waals surface area (Å²) in [6, 6.07) is 7.04. The maximum Gasteiger partial charge on any atom is 0.175 e. The highest BCUT2D eigenvalue weighted by atomic mass is 79.9. The number of hydrogen-bond donors (Lipinski definition) is 0. The molecule has 1 unspecified atom stereocenters. The Morgan fingerprint density at radius 2 is 2.00 bits per heavy atom. The van der Waals surface area contributed by atoms with Gasteiger partial charge in [-0.1, -0.05) is 28.1 Å². The van der Waals surface area contributed by atoms with Crippen molar-refractivity contribution in [1.82, 2.24) is 0 Å². The van der Waals surface area contributed by atoms with Crippen molar-refractivity contribution in [3.63, 3.8) is 0 Å². The third-order valence-electron chi connectivity index (χ3n) is 1.97. The van der Waals surface area contributed by atoms with Crippen molar-refractivity contribution in [2.75, 3.05) is 25.2 Å². The van der Waals surface area contributed by atoms with Gasteiger partial charge in [0.05, 0.1) is 12.4 Å². The van der Waals surface area contributed by atoms with E-state index in [1.807, 2.05) is 0 Å². The van der Waals surface area contributed by atoms with Crippen molar-refractivity contribution in [1.29, 1.82) is 0 Å². The molecule has 1 aromatic rings. The van der Waals surface area contributed by atoms with Gasteiger partial charge in [0, 0.05) is 33.7 Å². The van der Waals surface area contributed by atoms with Gasteiger partial charge in [-0.2, -0.15) is 0 Å². The molecule has 0 spiro atoms. The summed E-state index contributed by atoms with van der Waals surface area (Å²) in [4.78, 5) is 11.7. The molecule has 0 saturated heterocycles. The van der Waals surface area contributed by atoms with Crippen molar-refractivity contribution in [3.05, 3.63) is 34.3 Å². The first-order valence-corrected chi connectivity index (χ1v) is 7.04. The van der Waals surface area contributed by atoms with Crippen molar-refractivity contribution in [3.8, 4) is 0 Å². The number of halogens is 1. The van der Waals surface area contributed by atoms with Crippen LogP contribution in [0, 0.1) is 0 Å². The van der Waals surface area contributed by atoms with Crippen molar-refractivity contribution in [2.24, 2.45) is 0 Å². The molecular formula is C11H13BrO3S. The molecule has 1 aromatic carbocycles. The number of ketones is 1. The van der Waals surface area contributed by atoms with E-state index < -0.39 is 10.8 Å². The number of carbonyl (C=O) groups is 1. The molecule has 88 valence electrons. The van der Waals surface area contributed by atoms with Crippen LogP contribution in [0.1, 0.15) is 10.4 Å². The molecule has 1 atom stereocenters. The number of ether oxygens (including phenoxy) is 1. The van der Waals surface area contributed by atoms with Gasteiger partial charge in [0.1, 0.15) is 0 Å². The first kappa shape index (κ1) is 13.5. The predicted molar refractivity (Wildman–Crippen MR) is 68.2 cm³/mol. The first-order chi connectivity index (χ1) is 7.63. The van der Waals surface area contributed by atoms with Crippen molar-refractivity contribution in [2.45, 2.75) is 0 Å². The fourth-order valence-electron chi connectivity index (χ4n) is 1.11. The number of methoxy groups -OCH3 is 1. The molecule has 0 aliphatic heterocycles. The summed E-state index contributed by atoms with van der Waals surface area (Å²) in [5.41, 5.74) is 0.592. The van der Waals surface area contributed by atoms with Crippen LogP contribution in [-0.4, -0.2) is 35.2 Å². The zero-order valence-electron chi connectivity index (χ0n) is 8.94. The summed E-state index contributed by atoms with van der Waals surface area (Å²) < 4.78 is 17.2. The summed E-state index contributed by atoms with van der Waals surface area (Å²) in [7, 11) is 0.407. The number of rotatable bonds is 6. The molecule has 0 aromatic heterocycles. The topological polar surface area (TPSA) is 43.4 Å². The molecule has 3 nitrogen and oxygen atoms in total. The van der Waals surface area contributed by atoms with Crippen LogP contribution >= 0.6 is 15.9 Å². The normalized spacial score (nSPS) is 12.4. The molecule has 0 N–H and O–H groups in total. The fraction of sp³-hybridized carbons (Fsp3) is 0.364. The number of carbonyl (C=O) groups excluding carboxylic acids is 1. The Kier molecular flexibility index (Phi) is 5.87. The highest BCUT2D eigenvalue weighted by molar-refractivity contribution is 9.10. The van der Waals surface area contributed by atoms with Gasteiger partial charge < -0.3 is 4.74 Å². The van der Waals surface area contributed by atoms with Gasteiger partial charge in [-0.15, -0.1) is 0 Å². The van der Waals surface area contributed by atoms with Gasteiger partial charge in [-0.05, 0) is 12.1 Å². The first-order valence-electron chi connectivity index (χ1n) is 4.76. The monoisotopic (exact) mass is 304 g/mol. The maximum atomic E-state index is 11.7. The van der Waals surface area contributed by atoms with E-state index in [0.29, 0.717) is 17.9 Å². The summed E-state index contributed by atoms with van der Waals surface area (Å²) in [5.74, 6) is 0.367. The van der Waals surface area contributed by atoms with E-state index in [4.69, 9.17) is 4.74 Å². The minimum absolute atomic E-state index is 0.0605. The molecule has 0 heterocycles. The molecule has 1 rings (SSSR count). The predicted octanol–water partition coefficient (Wildman–Crippen LogP) is 2.03. The van der Waals surface area contributed by atoms with Crippen LogP contribution in [0.3, 0.4) is 0 Å². The molecule has 0 aliphatic rings. The van der Waals surface area contributed by atoms with E-state index in [1.165, 1.54) is 0 Å². The molecule has 0 bridgehead atoms. The van der Waals surface area contributed by atoms with Gasteiger partial charge in [-0.25, -0.2) is 0 Å². The van der Waals surface area contributed by atoms with Gasteiger partial charge >= 0.3 is 0 Å². The Labute approximate surface area is 106 Å². The average Bonchev–Trinajstić information content (AvgIpc) is 2.27. The highest BCUT2D eigenvalue weighted by Gasteiger charge is 2.10. The van der Waals surface area contributed by atoms with E-state index in [2.05, 4.69) is 15.9 Å². The maximum absolute atomic E-state index is 11.7. The second kappa shape index (κ2) is 6.93. The Bertz CT molecular complexity index is 375. The Morgan fingerprint density at radius 1 is 1.38 bits per heavy atom. The lowest BCUT2D eigenvalue weighted by atomic mass is 10.2. The number of hydrogen-bond acceptors (Lipinski definition) is 3. The van der Waals surface area contributed by atoms with Crippen LogP contribution in [-0.2, 0) is 15.5 Å². The molecule has 5 heteroatoms. The van der Waals surface area contributed by atoms with E-state index >= 15 is 0 Å². The van der Waals surface area contributed by atoms with Gasteiger partial charge in [0.2, 0.25) is 0 Å². The number of benzene rings is 1. The standard InChI is InChI=1S/C11H13BrO3S/c1-15-6-7-16(14)8-11(13)9-2-4-10(12)5-3-9/h2-5H,6-8H2,1H3. The molecule has 0 amide bonds. The zero-order valence-corrected chi connectivity index (χ0v) is 11.3. The lowest BCUT2D eigenvalue weighted by Crippen LogP contribution is -2.15. The molecule has 0 aliphatic carbocycles. The largest absolute Gasteiger partial charge is 0.384 e. The highest BCUT2D eigenvalue weighted by Crippen LogP contribution is 2.11. The quantitative estimate of drug-likeness (QED) is 0.755. The Hall–Kier alpha value is -0.520. The van der Waals surface area contributed by atoms with E-state index in [0.717, 1.165) is 4.47 Å². The van der Waals surface area contributed by atoms with Crippen LogP contribution < -0.4 is 0 Å². The third-order valence-corrected chi connectivity index (χ3v) is 3.71. The lowest BCUT2D eigenvalue weighted by molar-refractivity contribution is 0.102. The summed E-state index contributed by atoms with van der Waals surface area (Å²) >= 11 is 3.29. The average molecular weight is 305 g/mol. The van der Waals surface area contributed by atoms with Crippen LogP contribution in [0.25, 0.3) is 0 Å². The fourth-order valence-corrected chi connectivity index (χ4v) is 2.33. The molecule has 0 fully saturated rings. The van der Waals surface area contributed by atoms with Crippen molar-refractivity contribution >= 4 is 32.5 Å². The minimum atomic E-state index is -1.14. The van der Waals surface area contributed by atoms with Gasteiger partial charge in [0.25, 0.3) is 0 Å². The van der Waals surface area contributed by atoms with Crippen LogP contribution in [0.15, 0.2) is 28.7 Å². The Balaban J connectivity index is 2.52. The van der Waals surface area contributed by atoms with Crippen LogP contribution in [0.2, 0.25) is 0 Å². The summed E-state index contributed by atoms with van der Waals surface area (Å²) in [6.45, 7) is 0.417. The van der Waals surface area contributed by atoms with E-state index in [1.54, 1.807) is 31.4 Å². The number of Topliss-reactive ketones (excluding diaryl/α,β-unsaturated/α-hetero) is 1. The Morgan fingerprint density at radius 3 is 2.56 bits per heavy atom. The molecule has 16 heavy (non-hydrogen) atoms. The summed E-state index contributed by atoms with van der Waals surface area (Å²) in [5, 5.41) is 0. The summed E-state index contributed by atoms with van der Waals surface area (Å²) in [6.07, 6.45) is 0. The van der Waals surface area contributed by atoms with Crippen molar-refractivity contribution < 1.29 is 13.7 Å². The minimum Gasteiger partial charge on any atom is -0.384 e. The SMILES string of the molecule is COCCS(=O)CC(=O)c1ccc(Br)cc1. The smallest absolute Gasteiger partial charge is 0.175 e. The zero-order chi connectivity index (χ0) is 12.0. The van der Waals surface area contributed by atoms with Gasteiger partial charge in [-0.3, -0.25) is 9.00 Å². The van der Waals surface area contributed by atoms with E-state index in [9.17, 15) is 9.00 Å². The third kappa shape index (κ3) is 4.55. The van der Waals surface area contributed by atoms with Gasteiger partial charge in [0.15, 0.2) is 5.78 Å². The lowest BCUT2D eigenvalue weighted by Gasteiger charge is -2.02. The second-order valence-electron chi connectivity index (χ2n) is 3.21. The van der Waals surface area contributed by atoms with Crippen LogP contribution in [0.4, 0.5) is 0 Å². The van der Waals surface area contributed by atoms with E-state index in [-0.39, 0.29) is 11.5 Å². The van der Waals surface area contributed by atoms with Crippen LogP contribution in [0.5, 0.6) is 0 Å². The molecular weight excluding hydrogens is 292 g/mol. The molecule has 0 saturated carbocycles. The molecule has 0 radical (unpaired) electrons. The second-order valence-corrected chi connectivity index (χ2v) is 5.70.